The smallest absolute Gasteiger partial charge is 0.250 e. The molecule has 0 radical (unpaired) electrons. The van der Waals surface area contributed by atoms with Crippen LogP contribution in [0.4, 0.5) is 10.1 Å². The van der Waals surface area contributed by atoms with Gasteiger partial charge < -0.3 is 9.12 Å². The lowest BCUT2D eigenvalue weighted by Crippen LogP contribution is -2.39. The van der Waals surface area contributed by atoms with Crippen LogP contribution in [0.25, 0.3) is 11.1 Å². The van der Waals surface area contributed by atoms with Gasteiger partial charge >= 0.3 is 0 Å². The largest absolute Gasteiger partial charge is 0.598 e. The lowest BCUT2D eigenvalue weighted by Gasteiger charge is -2.25. The number of hydrogen-bond donors (Lipinski definition) is 1. The van der Waals surface area contributed by atoms with Gasteiger partial charge in [0.25, 0.3) is 5.56 Å². The van der Waals surface area contributed by atoms with Crippen molar-refractivity contribution < 1.29 is 30.6 Å². The van der Waals surface area contributed by atoms with Crippen molar-refractivity contribution in [2.75, 3.05) is 21.0 Å². The van der Waals surface area contributed by atoms with Gasteiger partial charge in [-0.2, -0.15) is 3.71 Å². The first kappa shape index (κ1) is 35.7. The molecule has 0 bridgehead atoms. The Labute approximate surface area is 265 Å². The molecule has 2 atom stereocenters. The second kappa shape index (κ2) is 14.6. The van der Waals surface area contributed by atoms with E-state index >= 15 is 4.39 Å². The second-order valence-corrected chi connectivity index (χ2v) is 16.2. The van der Waals surface area contributed by atoms with Crippen LogP contribution in [0.15, 0.2) is 53.5 Å². The lowest BCUT2D eigenvalue weighted by molar-refractivity contribution is 0.103. The minimum atomic E-state index is -4.56. The summed E-state index contributed by atoms with van der Waals surface area (Å²) in [7, 11) is -7.67. The van der Waals surface area contributed by atoms with Crippen LogP contribution in [-0.2, 0) is 38.5 Å². The quantitative estimate of drug-likeness (QED) is 0.190. The number of carbonyl (C=O) groups is 1. The predicted octanol–water partition coefficient (Wildman–Crippen LogP) is 4.70. The topological polar surface area (TPSA) is 146 Å². The van der Waals surface area contributed by atoms with E-state index in [1.807, 2.05) is 6.92 Å². The molecule has 0 aliphatic heterocycles. The summed E-state index contributed by atoms with van der Waals surface area (Å²) < 4.78 is 85.1. The zero-order valence-corrected chi connectivity index (χ0v) is 28.2. The van der Waals surface area contributed by atoms with Gasteiger partial charge in [-0.3, -0.25) is 9.59 Å². The zero-order valence-electron chi connectivity index (χ0n) is 25.0. The van der Waals surface area contributed by atoms with E-state index < -0.39 is 71.8 Å². The molecule has 0 saturated carbocycles. The summed E-state index contributed by atoms with van der Waals surface area (Å²) in [4.78, 5) is 26.6. The Morgan fingerprint density at radius 3 is 2.18 bits per heavy atom. The van der Waals surface area contributed by atoms with Gasteiger partial charge in [-0.05, 0) is 74.7 Å². The number of benzene rings is 2. The van der Waals surface area contributed by atoms with E-state index in [0.29, 0.717) is 17.2 Å². The van der Waals surface area contributed by atoms with E-state index in [1.54, 1.807) is 6.92 Å². The maximum Gasteiger partial charge on any atom is 0.250 e. The van der Waals surface area contributed by atoms with Gasteiger partial charge in [-0.15, -0.1) is 4.72 Å². The molecule has 3 aromatic rings. The third kappa shape index (κ3) is 7.90. The second-order valence-electron chi connectivity index (χ2n) is 10.0. The summed E-state index contributed by atoms with van der Waals surface area (Å²) in [6.45, 7) is 6.05. The number of nitrogens with zero attached hydrogens (tertiary/aromatic N) is 2. The minimum absolute atomic E-state index is 0.0393. The Balaban J connectivity index is 2.43. The number of hydrogen-bond acceptors (Lipinski definition) is 8. The number of rotatable bonds is 14. The van der Waals surface area contributed by atoms with Crippen LogP contribution in [0.5, 0.6) is 0 Å². The SMILES string of the molecule is CCCC[S@+]([O-])N[C@H](C)c1cc(=O)n(C)cc1-c1cc(N(S(=O)(=O)CC)S(=O)(=O)CC)c(F)cc1C(=O)c1ccc(Cl)cc1. The molecule has 1 N–H and O–H groups in total. The first-order valence-corrected chi connectivity index (χ1v) is 18.7. The van der Waals surface area contributed by atoms with E-state index in [4.69, 9.17) is 11.6 Å². The van der Waals surface area contributed by atoms with Gasteiger partial charge in [0.15, 0.2) is 5.78 Å². The highest BCUT2D eigenvalue weighted by Gasteiger charge is 2.35. The molecule has 3 rings (SSSR count). The van der Waals surface area contributed by atoms with E-state index in [0.717, 1.165) is 18.6 Å². The average molecular weight is 688 g/mol. The van der Waals surface area contributed by atoms with Gasteiger partial charge in [0.2, 0.25) is 20.0 Å². The standard InChI is InChI=1S/C29H35ClFN3O7S3/c1-6-9-14-42(37)32-19(4)22-17-28(35)33(5)18-25(22)23-16-27(34(43(38,39)7-2)44(40,41)8-3)26(31)15-24(23)29(36)20-10-12-21(30)13-11-20/h10-13,15-19,32H,6-9,14H2,1-5H3/t19-,42+/m1/s1. The molecule has 10 nitrogen and oxygen atoms in total. The average Bonchev–Trinajstić information content (AvgIpc) is 2.97. The van der Waals surface area contributed by atoms with Crippen molar-refractivity contribution in [1.29, 1.82) is 0 Å². The maximum atomic E-state index is 15.9. The summed E-state index contributed by atoms with van der Waals surface area (Å²) in [5.74, 6) is -2.89. The Kier molecular flexibility index (Phi) is 11.8. The van der Waals surface area contributed by atoms with E-state index in [2.05, 4.69) is 4.72 Å². The van der Waals surface area contributed by atoms with Crippen molar-refractivity contribution in [3.8, 4) is 11.1 Å². The molecule has 0 amide bonds. The third-order valence-electron chi connectivity index (χ3n) is 6.88. The molecular formula is C29H35ClFN3O7S3. The molecule has 15 heteroatoms. The predicted molar refractivity (Wildman–Crippen MR) is 173 cm³/mol. The van der Waals surface area contributed by atoms with E-state index in [9.17, 15) is 31.0 Å². The van der Waals surface area contributed by atoms with E-state index in [1.165, 1.54) is 62.0 Å². The first-order valence-electron chi connectivity index (χ1n) is 13.8. The molecule has 0 unspecified atom stereocenters. The van der Waals surface area contributed by atoms with Crippen molar-refractivity contribution in [3.63, 3.8) is 0 Å². The number of anilines is 1. The number of sulfonamides is 2. The Morgan fingerprint density at radius 1 is 1.05 bits per heavy atom. The molecule has 0 saturated heterocycles. The van der Waals surface area contributed by atoms with Crippen LogP contribution in [0.3, 0.4) is 0 Å². The molecule has 2 aromatic carbocycles. The molecule has 1 heterocycles. The molecule has 1 aromatic heterocycles. The van der Waals surface area contributed by atoms with Crippen molar-refractivity contribution in [2.24, 2.45) is 7.05 Å². The Morgan fingerprint density at radius 2 is 1.64 bits per heavy atom. The van der Waals surface area contributed by atoms with Gasteiger partial charge in [-0.25, -0.2) is 21.2 Å². The molecule has 240 valence electrons. The normalized spacial score (nSPS) is 13.5. The van der Waals surface area contributed by atoms with Gasteiger partial charge in [-0.1, -0.05) is 24.9 Å². The first-order chi connectivity index (χ1) is 20.6. The molecule has 0 fully saturated rings. The molecule has 0 aliphatic rings. The molecule has 44 heavy (non-hydrogen) atoms. The number of ketones is 1. The van der Waals surface area contributed by atoms with Crippen LogP contribution in [0, 0.1) is 5.82 Å². The van der Waals surface area contributed by atoms with Gasteiger partial charge in [0.05, 0.1) is 17.5 Å². The highest BCUT2D eigenvalue weighted by molar-refractivity contribution is 8.10. The summed E-state index contributed by atoms with van der Waals surface area (Å²) in [5, 5.41) is 0.352. The monoisotopic (exact) mass is 687 g/mol. The number of carbonyl (C=O) groups excluding carboxylic acids is 1. The summed E-state index contributed by atoms with van der Waals surface area (Å²) in [5.41, 5.74) is -0.903. The highest BCUT2D eigenvalue weighted by Crippen LogP contribution is 2.38. The van der Waals surface area contributed by atoms with Crippen molar-refractivity contribution in [3.05, 3.63) is 86.5 Å². The molecule has 0 aliphatic carbocycles. The van der Waals surface area contributed by atoms with Crippen molar-refractivity contribution >= 4 is 54.5 Å². The van der Waals surface area contributed by atoms with Crippen LogP contribution in [-0.4, -0.2) is 49.0 Å². The number of aromatic nitrogens is 1. The Hall–Kier alpha value is -2.75. The summed E-state index contributed by atoms with van der Waals surface area (Å²) in [6.07, 6.45) is 2.88. The molecule has 0 spiro atoms. The highest BCUT2D eigenvalue weighted by atomic mass is 35.5. The number of halogens is 2. The maximum absolute atomic E-state index is 15.9. The fourth-order valence-corrected chi connectivity index (χ4v) is 9.08. The minimum Gasteiger partial charge on any atom is -0.598 e. The van der Waals surface area contributed by atoms with Crippen LogP contribution in [0.2, 0.25) is 5.02 Å². The fourth-order valence-electron chi connectivity index (χ4n) is 4.40. The van der Waals surface area contributed by atoms with Crippen molar-refractivity contribution in [1.82, 2.24) is 9.29 Å². The lowest BCUT2D eigenvalue weighted by atomic mass is 9.90. The Bertz CT molecular complexity index is 1760. The van der Waals surface area contributed by atoms with Crippen LogP contribution in [0.1, 0.15) is 68.1 Å². The van der Waals surface area contributed by atoms with E-state index in [-0.39, 0.29) is 31.5 Å². The number of pyridine rings is 1. The zero-order chi connectivity index (χ0) is 33.0. The van der Waals surface area contributed by atoms with Crippen molar-refractivity contribution in [2.45, 2.75) is 46.6 Å². The van der Waals surface area contributed by atoms with Crippen LogP contribution < -0.4 is 14.0 Å². The third-order valence-corrected chi connectivity index (χ3v) is 12.6. The van der Waals surface area contributed by atoms with Crippen LogP contribution >= 0.6 is 11.6 Å². The summed E-state index contributed by atoms with van der Waals surface area (Å²) >= 11 is 4.51. The summed E-state index contributed by atoms with van der Waals surface area (Å²) in [6, 6.07) is 8.12. The number of aryl methyl sites for hydroxylation is 1. The fraction of sp³-hybridized carbons (Fsp3) is 0.379. The number of nitrogens with one attached hydrogen (secondary N) is 1. The van der Waals surface area contributed by atoms with Gasteiger partial charge in [0.1, 0.15) is 17.3 Å². The van der Waals surface area contributed by atoms with Gasteiger partial charge in [0, 0.05) is 52.4 Å². The molecular weight excluding hydrogens is 653 g/mol. The number of unbranched alkanes of at least 4 members (excludes halogenated alkanes) is 1.